The van der Waals surface area contributed by atoms with Crippen molar-refractivity contribution in [3.8, 4) is 5.75 Å². The molecule has 8 heteroatoms. The van der Waals surface area contributed by atoms with Crippen molar-refractivity contribution < 1.29 is 23.8 Å². The zero-order valence-electron chi connectivity index (χ0n) is 20.6. The number of aliphatic hydroxyl groups excluding tert-OH is 1. The van der Waals surface area contributed by atoms with E-state index in [4.69, 9.17) is 4.74 Å². The van der Waals surface area contributed by atoms with Crippen LogP contribution in [0.2, 0.25) is 0 Å². The Hall–Kier alpha value is -4.04. The van der Waals surface area contributed by atoms with E-state index in [-0.39, 0.29) is 16.5 Å². The average molecular weight is 517 g/mol. The Morgan fingerprint density at radius 3 is 2.43 bits per heavy atom. The van der Waals surface area contributed by atoms with E-state index < -0.39 is 23.5 Å². The minimum absolute atomic E-state index is 0.0307. The third-order valence-corrected chi connectivity index (χ3v) is 7.36. The number of thiazole rings is 1. The number of amides is 1. The van der Waals surface area contributed by atoms with Gasteiger partial charge in [-0.3, -0.25) is 14.5 Å². The maximum Gasteiger partial charge on any atom is 0.301 e. The van der Waals surface area contributed by atoms with Gasteiger partial charge in [0, 0.05) is 5.56 Å². The van der Waals surface area contributed by atoms with Crippen molar-refractivity contribution in [3.63, 3.8) is 0 Å². The second kappa shape index (κ2) is 9.78. The van der Waals surface area contributed by atoms with Crippen LogP contribution in [-0.4, -0.2) is 28.4 Å². The molecule has 1 amide bonds. The highest BCUT2D eigenvalue weighted by atomic mass is 32.1. The Labute approximate surface area is 217 Å². The van der Waals surface area contributed by atoms with Gasteiger partial charge in [-0.25, -0.2) is 9.37 Å². The Morgan fingerprint density at radius 2 is 1.78 bits per heavy atom. The first-order valence-electron chi connectivity index (χ1n) is 12.0. The van der Waals surface area contributed by atoms with Crippen molar-refractivity contribution in [3.05, 3.63) is 94.8 Å². The van der Waals surface area contributed by atoms with E-state index in [9.17, 15) is 19.1 Å². The first kappa shape index (κ1) is 24.6. The number of ether oxygens (including phenoxy) is 1. The number of anilines is 1. The van der Waals surface area contributed by atoms with E-state index in [1.54, 1.807) is 24.3 Å². The summed E-state index contributed by atoms with van der Waals surface area (Å²) in [5.41, 5.74) is 2.63. The van der Waals surface area contributed by atoms with Crippen LogP contribution in [0.15, 0.2) is 72.3 Å². The normalized spacial score (nSPS) is 17.2. The van der Waals surface area contributed by atoms with E-state index in [0.29, 0.717) is 39.6 Å². The van der Waals surface area contributed by atoms with Crippen LogP contribution in [0.25, 0.3) is 16.0 Å². The van der Waals surface area contributed by atoms with Crippen LogP contribution in [0.4, 0.5) is 9.52 Å². The lowest BCUT2D eigenvalue weighted by molar-refractivity contribution is -0.132. The average Bonchev–Trinajstić information content (AvgIpc) is 3.42. The summed E-state index contributed by atoms with van der Waals surface area (Å²) in [4.78, 5) is 32.6. The van der Waals surface area contributed by atoms with Gasteiger partial charge in [0.05, 0.1) is 28.4 Å². The van der Waals surface area contributed by atoms with E-state index in [1.807, 2.05) is 31.2 Å². The number of benzene rings is 3. The number of aromatic nitrogens is 1. The van der Waals surface area contributed by atoms with Crippen LogP contribution in [0.1, 0.15) is 49.4 Å². The summed E-state index contributed by atoms with van der Waals surface area (Å²) < 4.78 is 19.9. The first-order chi connectivity index (χ1) is 17.8. The molecule has 1 aromatic heterocycles. The SMILES string of the molecule is CCOc1ccc(/C(O)=C2\C(=O)C(=O)N(c3nc4ccc(F)cc4s3)[C@@H]2c2ccc(C(C)C)cc2)cc1. The smallest absolute Gasteiger partial charge is 0.301 e. The molecule has 6 nitrogen and oxygen atoms in total. The summed E-state index contributed by atoms with van der Waals surface area (Å²) >= 11 is 1.12. The van der Waals surface area contributed by atoms with Gasteiger partial charge in [0.15, 0.2) is 5.13 Å². The topological polar surface area (TPSA) is 79.7 Å². The summed E-state index contributed by atoms with van der Waals surface area (Å²) in [5.74, 6) is -1.39. The molecule has 0 radical (unpaired) electrons. The molecule has 5 rings (SSSR count). The monoisotopic (exact) mass is 516 g/mol. The van der Waals surface area contributed by atoms with Gasteiger partial charge in [-0.15, -0.1) is 0 Å². The number of halogens is 1. The predicted molar refractivity (Wildman–Crippen MR) is 143 cm³/mol. The Balaban J connectivity index is 1.68. The van der Waals surface area contributed by atoms with Crippen LogP contribution < -0.4 is 9.64 Å². The lowest BCUT2D eigenvalue weighted by Gasteiger charge is -2.23. The molecule has 1 saturated heterocycles. The minimum atomic E-state index is -0.904. The van der Waals surface area contributed by atoms with Gasteiger partial charge in [0.2, 0.25) is 0 Å². The maximum absolute atomic E-state index is 13.8. The number of carbonyl (C=O) groups is 2. The van der Waals surface area contributed by atoms with Crippen molar-refractivity contribution in [1.82, 2.24) is 4.98 Å². The Bertz CT molecular complexity index is 1520. The van der Waals surface area contributed by atoms with Gasteiger partial charge >= 0.3 is 5.91 Å². The molecule has 1 aliphatic rings. The summed E-state index contributed by atoms with van der Waals surface area (Å²) in [5, 5.41) is 11.6. The number of aliphatic hydroxyl groups is 1. The quantitative estimate of drug-likeness (QED) is 0.178. The molecular formula is C29H25FN2O4S. The second-order valence-corrected chi connectivity index (χ2v) is 10.1. The van der Waals surface area contributed by atoms with Gasteiger partial charge in [-0.2, -0.15) is 0 Å². The van der Waals surface area contributed by atoms with Crippen molar-refractivity contribution in [2.75, 3.05) is 11.5 Å². The molecular weight excluding hydrogens is 491 g/mol. The minimum Gasteiger partial charge on any atom is -0.507 e. The second-order valence-electron chi connectivity index (χ2n) is 9.06. The lowest BCUT2D eigenvalue weighted by atomic mass is 9.93. The Morgan fingerprint density at radius 1 is 1.08 bits per heavy atom. The number of fused-ring (bicyclic) bond motifs is 1. The van der Waals surface area contributed by atoms with Gasteiger partial charge < -0.3 is 9.84 Å². The fourth-order valence-electron chi connectivity index (χ4n) is 4.43. The zero-order chi connectivity index (χ0) is 26.3. The van der Waals surface area contributed by atoms with Crippen LogP contribution in [0.5, 0.6) is 5.75 Å². The molecule has 0 unspecified atom stereocenters. The summed E-state index contributed by atoms with van der Waals surface area (Å²) in [6, 6.07) is 17.6. The number of rotatable bonds is 6. The van der Waals surface area contributed by atoms with E-state index >= 15 is 0 Å². The van der Waals surface area contributed by atoms with Crippen LogP contribution in [-0.2, 0) is 9.59 Å². The van der Waals surface area contributed by atoms with Crippen molar-refractivity contribution in [1.29, 1.82) is 0 Å². The number of Topliss-reactive ketones (excluding diaryl/α,β-unsaturated/α-hetero) is 1. The molecule has 1 fully saturated rings. The van der Waals surface area contributed by atoms with Crippen LogP contribution >= 0.6 is 11.3 Å². The van der Waals surface area contributed by atoms with Gasteiger partial charge in [0.1, 0.15) is 17.3 Å². The highest BCUT2D eigenvalue weighted by molar-refractivity contribution is 7.22. The maximum atomic E-state index is 13.8. The number of hydrogen-bond donors (Lipinski definition) is 1. The number of carbonyl (C=O) groups excluding carboxylic acids is 2. The van der Waals surface area contributed by atoms with Crippen molar-refractivity contribution in [2.24, 2.45) is 0 Å². The molecule has 1 atom stereocenters. The van der Waals surface area contributed by atoms with Crippen LogP contribution in [0, 0.1) is 5.82 Å². The van der Waals surface area contributed by atoms with Crippen molar-refractivity contribution in [2.45, 2.75) is 32.7 Å². The summed E-state index contributed by atoms with van der Waals surface area (Å²) in [6.45, 7) is 6.52. The molecule has 0 bridgehead atoms. The van der Waals surface area contributed by atoms with Crippen LogP contribution in [0.3, 0.4) is 0 Å². The lowest BCUT2D eigenvalue weighted by Crippen LogP contribution is -2.29. The molecule has 2 heterocycles. The molecule has 0 saturated carbocycles. The molecule has 3 aromatic carbocycles. The number of ketones is 1. The van der Waals surface area contributed by atoms with Gasteiger partial charge in [-0.05, 0) is 66.4 Å². The third-order valence-electron chi connectivity index (χ3n) is 6.35. The molecule has 188 valence electrons. The van der Waals surface area contributed by atoms with E-state index in [1.165, 1.54) is 23.1 Å². The highest BCUT2D eigenvalue weighted by Crippen LogP contribution is 2.44. The molecule has 37 heavy (non-hydrogen) atoms. The fraction of sp³-hybridized carbons (Fsp3) is 0.207. The molecule has 0 spiro atoms. The van der Waals surface area contributed by atoms with E-state index in [2.05, 4.69) is 18.8 Å². The standard InChI is InChI=1S/C29H25FN2O4S/c1-4-36-21-12-9-19(10-13-21)26(33)24-25(18-7-5-17(6-8-18)16(2)3)32(28(35)27(24)34)29-31-22-14-11-20(30)15-23(22)37-29/h5-16,25,33H,4H2,1-3H3/b26-24+/t25-/m1/s1. The summed E-state index contributed by atoms with van der Waals surface area (Å²) in [6.07, 6.45) is 0. The largest absolute Gasteiger partial charge is 0.507 e. The van der Waals surface area contributed by atoms with Gasteiger partial charge in [-0.1, -0.05) is 49.4 Å². The first-order valence-corrected chi connectivity index (χ1v) is 12.8. The van der Waals surface area contributed by atoms with Crippen molar-refractivity contribution >= 4 is 44.1 Å². The third kappa shape index (κ3) is 4.49. The molecule has 4 aromatic rings. The zero-order valence-corrected chi connectivity index (χ0v) is 21.4. The number of hydrogen-bond acceptors (Lipinski definition) is 6. The molecule has 0 aliphatic carbocycles. The Kier molecular flexibility index (Phi) is 6.52. The fourth-order valence-corrected chi connectivity index (χ4v) is 5.45. The highest BCUT2D eigenvalue weighted by Gasteiger charge is 2.48. The summed E-state index contributed by atoms with van der Waals surface area (Å²) in [7, 11) is 0. The predicted octanol–water partition coefficient (Wildman–Crippen LogP) is 6.58. The van der Waals surface area contributed by atoms with Gasteiger partial charge in [0.25, 0.3) is 5.78 Å². The molecule has 1 N–H and O–H groups in total. The van der Waals surface area contributed by atoms with E-state index in [0.717, 1.165) is 16.9 Å². The number of nitrogens with zero attached hydrogens (tertiary/aromatic N) is 2. The molecule has 1 aliphatic heterocycles.